The van der Waals surface area contributed by atoms with Crippen molar-refractivity contribution in [3.8, 4) is 0 Å². The minimum absolute atomic E-state index is 0.193. The first-order chi connectivity index (χ1) is 14.6. The number of ether oxygens (including phenoxy) is 1. The Kier molecular flexibility index (Phi) is 7.36. The molecule has 0 aliphatic carbocycles. The van der Waals surface area contributed by atoms with E-state index in [1.807, 2.05) is 27.7 Å². The molecular weight excluding hydrogens is 464 g/mol. The number of aliphatic hydroxyl groups excluding tert-OH is 1. The molecule has 0 saturated carbocycles. The number of anilines is 1. The van der Waals surface area contributed by atoms with Crippen molar-refractivity contribution < 1.29 is 19.2 Å². The van der Waals surface area contributed by atoms with Crippen LogP contribution in [0.2, 0.25) is 0 Å². The highest BCUT2D eigenvalue weighted by atomic mass is 79.9. The van der Waals surface area contributed by atoms with Crippen LogP contribution in [0.25, 0.3) is 0 Å². The fourth-order valence-corrected chi connectivity index (χ4v) is 4.42. The summed E-state index contributed by atoms with van der Waals surface area (Å²) in [6.07, 6.45) is -0.0466. The number of nitrogens with zero attached hydrogens (tertiary/aromatic N) is 4. The Balaban J connectivity index is 1.86. The van der Waals surface area contributed by atoms with Crippen molar-refractivity contribution in [1.82, 2.24) is 15.1 Å². The summed E-state index contributed by atoms with van der Waals surface area (Å²) in [6.45, 7) is 12.8. The summed E-state index contributed by atoms with van der Waals surface area (Å²) in [5.41, 5.74) is 2.71. The molecule has 170 valence electrons. The Morgan fingerprint density at radius 1 is 1.16 bits per heavy atom. The van der Waals surface area contributed by atoms with E-state index in [0.29, 0.717) is 17.1 Å². The number of rotatable bonds is 6. The number of hydrogen-bond acceptors (Lipinski definition) is 8. The minimum atomic E-state index is -1.40. The van der Waals surface area contributed by atoms with Gasteiger partial charge >= 0.3 is 5.97 Å². The van der Waals surface area contributed by atoms with Crippen LogP contribution in [0.5, 0.6) is 0 Å². The van der Waals surface area contributed by atoms with Gasteiger partial charge in [-0.1, -0.05) is 19.0 Å². The Morgan fingerprint density at radius 3 is 2.35 bits per heavy atom. The second kappa shape index (κ2) is 9.65. The lowest BCUT2D eigenvalue weighted by Gasteiger charge is -2.35. The van der Waals surface area contributed by atoms with E-state index in [4.69, 9.17) is 9.26 Å². The van der Waals surface area contributed by atoms with E-state index in [0.717, 1.165) is 47.6 Å². The lowest BCUT2D eigenvalue weighted by Crippen LogP contribution is -2.35. The van der Waals surface area contributed by atoms with E-state index in [1.54, 1.807) is 13.8 Å². The number of piperidine rings is 1. The third-order valence-corrected chi connectivity index (χ3v) is 6.44. The van der Waals surface area contributed by atoms with Crippen molar-refractivity contribution in [2.24, 2.45) is 0 Å². The maximum absolute atomic E-state index is 12.5. The third-order valence-electron chi connectivity index (χ3n) is 5.49. The van der Waals surface area contributed by atoms with Gasteiger partial charge in [0, 0.05) is 36.2 Å². The van der Waals surface area contributed by atoms with Crippen molar-refractivity contribution in [2.45, 2.75) is 78.4 Å². The van der Waals surface area contributed by atoms with Gasteiger partial charge in [-0.15, -0.1) is 0 Å². The predicted molar refractivity (Wildman–Crippen MR) is 120 cm³/mol. The molecule has 0 radical (unpaired) electrons. The van der Waals surface area contributed by atoms with Gasteiger partial charge in [0.25, 0.3) is 0 Å². The highest BCUT2D eigenvalue weighted by Crippen LogP contribution is 2.40. The summed E-state index contributed by atoms with van der Waals surface area (Å²) >= 11 is 3.64. The summed E-state index contributed by atoms with van der Waals surface area (Å²) in [7, 11) is 0. The van der Waals surface area contributed by atoms with Crippen molar-refractivity contribution in [3.63, 3.8) is 0 Å². The van der Waals surface area contributed by atoms with Crippen molar-refractivity contribution in [1.29, 1.82) is 0 Å². The Bertz CT molecular complexity index is 936. The van der Waals surface area contributed by atoms with Crippen molar-refractivity contribution in [2.75, 3.05) is 18.0 Å². The first kappa shape index (κ1) is 23.7. The number of aliphatic hydroxyl groups is 1. The standard InChI is InChI=1S/C22H31BrN4O4/c1-11(2)20-25-21(31-26-20)15-7-9-27(10-8-15)18-16(13(5)24-14(6)17(18)23)19(28)22(29)30-12(3)4/h11-12,15,19,28H,7-10H2,1-6H3/t19-/m0/s1. The van der Waals surface area contributed by atoms with Crippen LogP contribution in [0.15, 0.2) is 9.00 Å². The average molecular weight is 495 g/mol. The van der Waals surface area contributed by atoms with Gasteiger partial charge in [0.05, 0.1) is 22.0 Å². The zero-order valence-electron chi connectivity index (χ0n) is 19.0. The molecule has 1 N–H and O–H groups in total. The maximum Gasteiger partial charge on any atom is 0.340 e. The topological polar surface area (TPSA) is 102 Å². The van der Waals surface area contributed by atoms with Gasteiger partial charge in [-0.25, -0.2) is 4.79 Å². The molecule has 1 atom stereocenters. The van der Waals surface area contributed by atoms with E-state index in [-0.39, 0.29) is 17.9 Å². The molecule has 9 heteroatoms. The molecule has 2 aromatic heterocycles. The summed E-state index contributed by atoms with van der Waals surface area (Å²) in [5, 5.41) is 14.9. The highest BCUT2D eigenvalue weighted by Gasteiger charge is 2.33. The lowest BCUT2D eigenvalue weighted by molar-refractivity contribution is -0.157. The Morgan fingerprint density at radius 2 is 1.81 bits per heavy atom. The quantitative estimate of drug-likeness (QED) is 0.591. The van der Waals surface area contributed by atoms with Gasteiger partial charge in [-0.2, -0.15) is 4.98 Å². The Labute approximate surface area is 191 Å². The number of pyridine rings is 1. The second-order valence-corrected chi connectivity index (χ2v) is 9.45. The van der Waals surface area contributed by atoms with Crippen LogP contribution < -0.4 is 4.90 Å². The monoisotopic (exact) mass is 494 g/mol. The first-order valence-electron chi connectivity index (χ1n) is 10.7. The SMILES string of the molecule is Cc1nc(C)c([C@H](O)C(=O)OC(C)C)c(N2CCC(c3nc(C(C)C)no3)CC2)c1Br. The molecule has 31 heavy (non-hydrogen) atoms. The number of hydrogen-bond donors (Lipinski definition) is 1. The average Bonchev–Trinajstić information content (AvgIpc) is 3.20. The van der Waals surface area contributed by atoms with Gasteiger partial charge in [0.15, 0.2) is 11.9 Å². The molecule has 0 bridgehead atoms. The van der Waals surface area contributed by atoms with Crippen LogP contribution >= 0.6 is 15.9 Å². The molecule has 1 aliphatic heterocycles. The van der Waals surface area contributed by atoms with E-state index in [2.05, 4.69) is 36.0 Å². The molecule has 0 aromatic carbocycles. The van der Waals surface area contributed by atoms with Crippen LogP contribution in [-0.2, 0) is 9.53 Å². The smallest absolute Gasteiger partial charge is 0.340 e. The molecular formula is C22H31BrN4O4. The minimum Gasteiger partial charge on any atom is -0.461 e. The molecule has 1 fully saturated rings. The van der Waals surface area contributed by atoms with Crippen molar-refractivity contribution >= 4 is 27.6 Å². The van der Waals surface area contributed by atoms with Crippen molar-refractivity contribution in [3.05, 3.63) is 33.1 Å². The number of aromatic nitrogens is 3. The van der Waals surface area contributed by atoms with E-state index in [1.165, 1.54) is 0 Å². The molecule has 2 aromatic rings. The fourth-order valence-electron chi connectivity index (χ4n) is 3.87. The summed E-state index contributed by atoms with van der Waals surface area (Å²) in [6, 6.07) is 0. The number of halogens is 1. The molecule has 0 unspecified atom stereocenters. The van der Waals surface area contributed by atoms with Crippen LogP contribution in [0.3, 0.4) is 0 Å². The number of esters is 1. The normalized spacial score (nSPS) is 16.3. The van der Waals surface area contributed by atoms with E-state index >= 15 is 0 Å². The van der Waals surface area contributed by atoms with Crippen LogP contribution in [0.1, 0.15) is 87.1 Å². The van der Waals surface area contributed by atoms with Crippen LogP contribution in [0.4, 0.5) is 5.69 Å². The fraction of sp³-hybridized carbons (Fsp3) is 0.636. The van der Waals surface area contributed by atoms with Gasteiger partial charge in [0.1, 0.15) is 0 Å². The maximum atomic E-state index is 12.5. The summed E-state index contributed by atoms with van der Waals surface area (Å²) in [4.78, 5) is 23.7. The van der Waals surface area contributed by atoms with Crippen LogP contribution in [0, 0.1) is 13.8 Å². The third kappa shape index (κ3) is 5.09. The predicted octanol–water partition coefficient (Wildman–Crippen LogP) is 4.34. The van der Waals surface area contributed by atoms with Crippen LogP contribution in [-0.4, -0.2) is 45.4 Å². The molecule has 3 heterocycles. The molecule has 0 spiro atoms. The Hall–Kier alpha value is -2.00. The molecule has 1 aliphatic rings. The molecule has 1 saturated heterocycles. The van der Waals surface area contributed by atoms with E-state index < -0.39 is 12.1 Å². The number of carbonyl (C=O) groups is 1. The largest absolute Gasteiger partial charge is 0.461 e. The number of aryl methyl sites for hydroxylation is 2. The zero-order valence-corrected chi connectivity index (χ0v) is 20.6. The van der Waals surface area contributed by atoms with E-state index in [9.17, 15) is 9.90 Å². The molecule has 8 nitrogen and oxygen atoms in total. The summed E-state index contributed by atoms with van der Waals surface area (Å²) in [5.74, 6) is 1.17. The molecule has 0 amide bonds. The molecule has 3 rings (SSSR count). The number of carbonyl (C=O) groups excluding carboxylic acids is 1. The first-order valence-corrected chi connectivity index (χ1v) is 11.5. The van der Waals surface area contributed by atoms with Gasteiger partial charge in [0.2, 0.25) is 5.89 Å². The van der Waals surface area contributed by atoms with Gasteiger partial charge in [-0.3, -0.25) is 4.98 Å². The lowest BCUT2D eigenvalue weighted by atomic mass is 9.94. The summed E-state index contributed by atoms with van der Waals surface area (Å²) < 4.78 is 11.5. The van der Waals surface area contributed by atoms with Gasteiger partial charge in [-0.05, 0) is 56.5 Å². The zero-order chi connectivity index (χ0) is 22.9. The highest BCUT2D eigenvalue weighted by molar-refractivity contribution is 9.10. The van der Waals surface area contributed by atoms with Gasteiger partial charge < -0.3 is 19.3 Å². The second-order valence-electron chi connectivity index (χ2n) is 8.65.